The topological polar surface area (TPSA) is 65.7 Å². The number of pyridine rings is 1. The van der Waals surface area contributed by atoms with Crippen molar-refractivity contribution in [1.29, 1.82) is 0 Å². The Hall–Kier alpha value is -4.15. The van der Waals surface area contributed by atoms with Crippen LogP contribution in [-0.2, 0) is 0 Å². The monoisotopic (exact) mass is 451 g/mol. The van der Waals surface area contributed by atoms with E-state index in [2.05, 4.69) is 31.8 Å². The molecule has 0 amide bonds. The summed E-state index contributed by atoms with van der Waals surface area (Å²) in [7, 11) is 0. The summed E-state index contributed by atoms with van der Waals surface area (Å²) in [6.45, 7) is 11.5. The molecule has 170 valence electrons. The van der Waals surface area contributed by atoms with Gasteiger partial charge in [0.2, 0.25) is 0 Å². The lowest BCUT2D eigenvalue weighted by Gasteiger charge is -2.36. The summed E-state index contributed by atoms with van der Waals surface area (Å²) in [5.41, 5.74) is 4.04. The molecule has 1 saturated heterocycles. The molecule has 7 heteroatoms. The maximum atomic E-state index is 12.9. The largest absolute Gasteiger partial charge is 0.369 e. The number of aromatic nitrogens is 2. The minimum Gasteiger partial charge on any atom is -0.369 e. The van der Waals surface area contributed by atoms with Crippen LogP contribution in [0.2, 0.25) is 0 Å². The van der Waals surface area contributed by atoms with E-state index in [-0.39, 0.29) is 11.3 Å². The number of nitrogens with one attached hydrogen (secondary N) is 1. The molecule has 0 radical (unpaired) electrons. The normalized spacial score (nSPS) is 14.3. The van der Waals surface area contributed by atoms with Crippen LogP contribution in [0.15, 0.2) is 77.9 Å². The average molecular weight is 452 g/mol. The molecule has 4 aromatic rings. The Morgan fingerprint density at radius 1 is 0.971 bits per heavy atom. The van der Waals surface area contributed by atoms with E-state index in [9.17, 15) is 9.59 Å². The van der Waals surface area contributed by atoms with Crippen LogP contribution in [0.4, 0.5) is 11.4 Å². The number of fused-ring (bicyclic) bond motifs is 1. The van der Waals surface area contributed by atoms with Crippen molar-refractivity contribution >= 4 is 28.1 Å². The summed E-state index contributed by atoms with van der Waals surface area (Å²) in [6, 6.07) is 18.6. The van der Waals surface area contributed by atoms with E-state index < -0.39 is 0 Å². The summed E-state index contributed by atoms with van der Waals surface area (Å²) >= 11 is 0. The van der Waals surface area contributed by atoms with E-state index in [0.29, 0.717) is 17.7 Å². The molecular formula is C27H25N5O2. The Morgan fingerprint density at radius 3 is 2.47 bits per heavy atom. The van der Waals surface area contributed by atoms with Crippen molar-refractivity contribution in [3.63, 3.8) is 0 Å². The zero-order valence-corrected chi connectivity index (χ0v) is 18.8. The first kappa shape index (κ1) is 21.7. The molecule has 0 spiro atoms. The molecular weight excluding hydrogens is 426 g/mol. The third kappa shape index (κ3) is 4.36. The summed E-state index contributed by atoms with van der Waals surface area (Å²) in [4.78, 5) is 36.2. The predicted molar refractivity (Wildman–Crippen MR) is 134 cm³/mol. The standard InChI is InChI=1S/C27H25N5O2/c1-28-20-5-10-25-23(18-20)24(19-29-25)26(33)11-13-30-14-16-31(17-15-30)21-6-8-22(9-7-21)32-12-3-2-4-27(32)34/h2-10,12,18-19,29H,11,13-17H2. The number of carbonyl (C=O) groups excluding carboxylic acids is 1. The van der Waals surface area contributed by atoms with Crippen LogP contribution >= 0.6 is 0 Å². The van der Waals surface area contributed by atoms with Crippen molar-refractivity contribution in [3.8, 4) is 5.69 Å². The van der Waals surface area contributed by atoms with Gasteiger partial charge < -0.3 is 9.88 Å². The quantitative estimate of drug-likeness (QED) is 0.351. The highest BCUT2D eigenvalue weighted by molar-refractivity contribution is 6.08. The van der Waals surface area contributed by atoms with Crippen molar-refractivity contribution in [2.45, 2.75) is 6.42 Å². The lowest BCUT2D eigenvalue weighted by molar-refractivity contribution is 0.0964. The van der Waals surface area contributed by atoms with E-state index in [0.717, 1.165) is 55.0 Å². The molecule has 2 aromatic heterocycles. The summed E-state index contributed by atoms with van der Waals surface area (Å²) in [5, 5.41) is 0.824. The van der Waals surface area contributed by atoms with Gasteiger partial charge in [-0.3, -0.25) is 19.1 Å². The number of rotatable bonds is 6. The summed E-state index contributed by atoms with van der Waals surface area (Å²) < 4.78 is 1.63. The van der Waals surface area contributed by atoms with Crippen molar-refractivity contribution in [3.05, 3.63) is 100 Å². The Balaban J connectivity index is 1.16. The number of H-pyrrole nitrogens is 1. The maximum Gasteiger partial charge on any atom is 0.255 e. The molecule has 5 rings (SSSR count). The third-order valence-corrected chi connectivity index (χ3v) is 6.44. The smallest absolute Gasteiger partial charge is 0.255 e. The van der Waals surface area contributed by atoms with E-state index in [1.54, 1.807) is 41.2 Å². The van der Waals surface area contributed by atoms with Crippen molar-refractivity contribution in [1.82, 2.24) is 14.5 Å². The number of anilines is 1. The average Bonchev–Trinajstić information content (AvgIpc) is 3.31. The molecule has 34 heavy (non-hydrogen) atoms. The fourth-order valence-electron chi connectivity index (χ4n) is 4.50. The molecule has 1 aliphatic rings. The molecule has 2 aromatic carbocycles. The lowest BCUT2D eigenvalue weighted by atomic mass is 10.1. The van der Waals surface area contributed by atoms with E-state index in [4.69, 9.17) is 6.57 Å². The molecule has 0 atom stereocenters. The number of benzene rings is 2. The fourth-order valence-corrected chi connectivity index (χ4v) is 4.50. The van der Waals surface area contributed by atoms with Gasteiger partial charge in [0.15, 0.2) is 11.5 Å². The number of nitrogens with zero attached hydrogens (tertiary/aromatic N) is 4. The maximum absolute atomic E-state index is 12.9. The van der Waals surface area contributed by atoms with Crippen LogP contribution in [0.25, 0.3) is 21.4 Å². The van der Waals surface area contributed by atoms with Crippen LogP contribution in [0, 0.1) is 6.57 Å². The molecule has 1 N–H and O–H groups in total. The van der Waals surface area contributed by atoms with Gasteiger partial charge in [0.1, 0.15) is 0 Å². The number of aromatic amines is 1. The van der Waals surface area contributed by atoms with Crippen LogP contribution in [0.1, 0.15) is 16.8 Å². The van der Waals surface area contributed by atoms with Gasteiger partial charge in [-0.15, -0.1) is 0 Å². The summed E-state index contributed by atoms with van der Waals surface area (Å²) in [5.74, 6) is 0.0996. The fraction of sp³-hybridized carbons (Fsp3) is 0.222. The van der Waals surface area contributed by atoms with Crippen LogP contribution < -0.4 is 10.5 Å². The molecule has 3 heterocycles. The third-order valence-electron chi connectivity index (χ3n) is 6.44. The highest BCUT2D eigenvalue weighted by Gasteiger charge is 2.19. The molecule has 0 aliphatic carbocycles. The van der Waals surface area contributed by atoms with Crippen LogP contribution in [-0.4, -0.2) is 53.0 Å². The van der Waals surface area contributed by atoms with Gasteiger partial charge in [-0.05, 0) is 47.9 Å². The van der Waals surface area contributed by atoms with Gasteiger partial charge in [0.25, 0.3) is 5.56 Å². The minimum atomic E-state index is -0.0436. The molecule has 0 bridgehead atoms. The number of carbonyl (C=O) groups is 1. The van der Waals surface area contributed by atoms with Gasteiger partial charge in [-0.25, -0.2) is 4.85 Å². The van der Waals surface area contributed by atoms with Crippen molar-refractivity contribution < 1.29 is 4.79 Å². The molecule has 0 saturated carbocycles. The van der Waals surface area contributed by atoms with Gasteiger partial charge in [-0.1, -0.05) is 12.1 Å². The second-order valence-corrected chi connectivity index (χ2v) is 8.47. The molecule has 7 nitrogen and oxygen atoms in total. The zero-order chi connectivity index (χ0) is 23.5. The van der Waals surface area contributed by atoms with Gasteiger partial charge in [0.05, 0.1) is 6.57 Å². The van der Waals surface area contributed by atoms with Gasteiger partial charge >= 0.3 is 0 Å². The number of piperazine rings is 1. The lowest BCUT2D eigenvalue weighted by Crippen LogP contribution is -2.46. The molecule has 1 aliphatic heterocycles. The van der Waals surface area contributed by atoms with Crippen molar-refractivity contribution in [2.24, 2.45) is 0 Å². The first-order chi connectivity index (χ1) is 16.6. The Kier molecular flexibility index (Phi) is 5.98. The Morgan fingerprint density at radius 2 is 1.74 bits per heavy atom. The zero-order valence-electron chi connectivity index (χ0n) is 18.8. The SMILES string of the molecule is [C-]#[N+]c1ccc2[nH]cc(C(=O)CCN3CCN(c4ccc(-n5ccccc5=O)cc4)CC3)c2c1. The highest BCUT2D eigenvalue weighted by atomic mass is 16.1. The highest BCUT2D eigenvalue weighted by Crippen LogP contribution is 2.25. The second kappa shape index (κ2) is 9.38. The number of hydrogen-bond acceptors (Lipinski definition) is 4. The second-order valence-electron chi connectivity index (χ2n) is 8.47. The van der Waals surface area contributed by atoms with Crippen molar-refractivity contribution in [2.75, 3.05) is 37.6 Å². The van der Waals surface area contributed by atoms with E-state index in [1.165, 1.54) is 0 Å². The Bertz CT molecular complexity index is 1420. The van der Waals surface area contributed by atoms with Crippen LogP contribution in [0.3, 0.4) is 0 Å². The predicted octanol–water partition coefficient (Wildman–Crippen LogP) is 4.26. The number of ketones is 1. The number of hydrogen-bond donors (Lipinski definition) is 1. The minimum absolute atomic E-state index is 0.0436. The molecule has 1 fully saturated rings. The van der Waals surface area contributed by atoms with Gasteiger partial charge in [-0.2, -0.15) is 0 Å². The van der Waals surface area contributed by atoms with Crippen LogP contribution in [0.5, 0.6) is 0 Å². The first-order valence-electron chi connectivity index (χ1n) is 11.4. The number of Topliss-reactive ketones (excluding diaryl/α,β-unsaturated/α-hetero) is 1. The molecule has 0 unspecified atom stereocenters. The Labute approximate surface area is 197 Å². The van der Waals surface area contributed by atoms with E-state index >= 15 is 0 Å². The summed E-state index contributed by atoms with van der Waals surface area (Å²) in [6.07, 6.45) is 3.99. The first-order valence-corrected chi connectivity index (χ1v) is 11.4. The van der Waals surface area contributed by atoms with E-state index in [1.807, 2.05) is 24.3 Å². The van der Waals surface area contributed by atoms with Gasteiger partial charge in [0, 0.05) is 80.1 Å².